The molecule has 3 unspecified atom stereocenters. The molecule has 0 radical (unpaired) electrons. The number of ether oxygens (including phenoxy) is 1. The second-order valence-electron chi connectivity index (χ2n) is 8.20. The summed E-state index contributed by atoms with van der Waals surface area (Å²) in [6.45, 7) is 4.67. The number of hydrogen-bond acceptors (Lipinski definition) is 5. The van der Waals surface area contributed by atoms with E-state index in [2.05, 4.69) is 5.32 Å². The fourth-order valence-electron chi connectivity index (χ4n) is 3.85. The Morgan fingerprint density at radius 3 is 2.67 bits per heavy atom. The van der Waals surface area contributed by atoms with Gasteiger partial charge in [-0.2, -0.15) is 8.42 Å². The summed E-state index contributed by atoms with van der Waals surface area (Å²) in [5.74, 6) is -0.000479. The number of benzene rings is 1. The maximum Gasteiger partial charge on any atom is 0.296 e. The Bertz CT molecular complexity index is 893. The highest BCUT2D eigenvalue weighted by molar-refractivity contribution is 7.90. The van der Waals surface area contributed by atoms with Crippen molar-refractivity contribution in [3.05, 3.63) is 59.0 Å². The zero-order chi connectivity index (χ0) is 21.6. The van der Waals surface area contributed by atoms with Gasteiger partial charge in [0.25, 0.3) is 10.1 Å². The lowest BCUT2D eigenvalue weighted by Gasteiger charge is -2.43. The van der Waals surface area contributed by atoms with Gasteiger partial charge in [0.2, 0.25) is 5.91 Å². The van der Waals surface area contributed by atoms with Crippen LogP contribution < -0.4 is 5.32 Å². The van der Waals surface area contributed by atoms with Crippen LogP contribution in [0.3, 0.4) is 0 Å². The summed E-state index contributed by atoms with van der Waals surface area (Å²) in [4.78, 5) is 12.3. The largest absolute Gasteiger partial charge is 0.371 e. The van der Waals surface area contributed by atoms with Crippen molar-refractivity contribution in [3.8, 4) is 0 Å². The van der Waals surface area contributed by atoms with Gasteiger partial charge in [-0.05, 0) is 30.9 Å². The molecule has 0 saturated carbocycles. The Morgan fingerprint density at radius 1 is 1.23 bits per heavy atom. The van der Waals surface area contributed by atoms with Crippen LogP contribution in [0.25, 0.3) is 0 Å². The zero-order valence-corrected chi connectivity index (χ0v) is 18.5. The van der Waals surface area contributed by atoms with E-state index in [1.54, 1.807) is 12.2 Å². The third kappa shape index (κ3) is 5.59. The van der Waals surface area contributed by atoms with Crippen molar-refractivity contribution < 1.29 is 22.1 Å². The molecule has 3 atom stereocenters. The standard InChI is InChI=1S/C23H31NO5S/c1-3-4-16-29-30(26,27)19-12-14-23(2,15-13-19)22-20(10-11-21(25)24-22)28-17-18-8-6-5-7-9-18/h5-9,12-14,20,22H,3-4,10-11,15-17H2,1-2H3,(H,24,25). The summed E-state index contributed by atoms with van der Waals surface area (Å²) in [7, 11) is -3.75. The van der Waals surface area contributed by atoms with Crippen molar-refractivity contribution in [1.82, 2.24) is 5.32 Å². The number of amides is 1. The van der Waals surface area contributed by atoms with Crippen molar-refractivity contribution in [2.24, 2.45) is 5.41 Å². The van der Waals surface area contributed by atoms with E-state index in [9.17, 15) is 13.2 Å². The van der Waals surface area contributed by atoms with Crippen LogP contribution in [-0.2, 0) is 30.4 Å². The predicted octanol–water partition coefficient (Wildman–Crippen LogP) is 3.85. The molecule has 1 heterocycles. The molecule has 1 saturated heterocycles. The van der Waals surface area contributed by atoms with Crippen LogP contribution in [-0.4, -0.2) is 33.1 Å². The van der Waals surface area contributed by atoms with Gasteiger partial charge in [-0.3, -0.25) is 8.98 Å². The summed E-state index contributed by atoms with van der Waals surface area (Å²) in [5, 5.41) is 3.08. The molecule has 7 heteroatoms. The van der Waals surface area contributed by atoms with E-state index in [0.717, 1.165) is 12.0 Å². The minimum absolute atomic E-state index is 0.000479. The first-order valence-electron chi connectivity index (χ1n) is 10.6. The molecule has 1 aliphatic heterocycles. The van der Waals surface area contributed by atoms with Gasteiger partial charge in [-0.1, -0.05) is 62.8 Å². The molecule has 2 aliphatic rings. The van der Waals surface area contributed by atoms with E-state index in [-0.39, 0.29) is 29.6 Å². The number of carbonyl (C=O) groups excluding carboxylic acids is 1. The number of allylic oxidation sites excluding steroid dienone is 2. The van der Waals surface area contributed by atoms with Crippen molar-refractivity contribution in [2.75, 3.05) is 6.61 Å². The molecule has 0 bridgehead atoms. The topological polar surface area (TPSA) is 81.7 Å². The van der Waals surface area contributed by atoms with Gasteiger partial charge in [0.05, 0.1) is 30.3 Å². The van der Waals surface area contributed by atoms with Crippen molar-refractivity contribution in [2.45, 2.75) is 64.7 Å². The Hall–Kier alpha value is -1.96. The third-order valence-corrected chi connectivity index (χ3v) is 7.12. The lowest BCUT2D eigenvalue weighted by molar-refractivity contribution is -0.130. The van der Waals surface area contributed by atoms with E-state index in [1.165, 1.54) is 0 Å². The zero-order valence-electron chi connectivity index (χ0n) is 17.7. The highest BCUT2D eigenvalue weighted by Gasteiger charge is 2.42. The van der Waals surface area contributed by atoms with Gasteiger partial charge in [0, 0.05) is 11.8 Å². The SMILES string of the molecule is CCCCOS(=O)(=O)C1=CCC(C)(C2NC(=O)CCC2OCc2ccccc2)C=C1. The van der Waals surface area contributed by atoms with Gasteiger partial charge in [-0.15, -0.1) is 0 Å². The highest BCUT2D eigenvalue weighted by Crippen LogP contribution is 2.38. The third-order valence-electron chi connectivity index (χ3n) is 5.76. The molecular formula is C23H31NO5S. The first kappa shape index (κ1) is 22.7. The Labute approximate surface area is 179 Å². The molecule has 3 rings (SSSR count). The summed E-state index contributed by atoms with van der Waals surface area (Å²) in [6, 6.07) is 9.69. The lowest BCUT2D eigenvalue weighted by atomic mass is 9.72. The molecule has 0 aromatic heterocycles. The number of hydrogen-bond donors (Lipinski definition) is 1. The molecule has 1 fully saturated rings. The maximum atomic E-state index is 12.4. The van der Waals surface area contributed by atoms with E-state index in [0.29, 0.717) is 32.3 Å². The van der Waals surface area contributed by atoms with Crippen LogP contribution in [0.2, 0.25) is 0 Å². The molecule has 1 N–H and O–H groups in total. The smallest absolute Gasteiger partial charge is 0.296 e. The fourth-order valence-corrected chi connectivity index (χ4v) is 4.85. The minimum atomic E-state index is -3.75. The summed E-state index contributed by atoms with van der Waals surface area (Å²) < 4.78 is 36.1. The summed E-state index contributed by atoms with van der Waals surface area (Å²) >= 11 is 0. The van der Waals surface area contributed by atoms with Crippen LogP contribution in [0.1, 0.15) is 51.5 Å². The van der Waals surface area contributed by atoms with Gasteiger partial charge in [0.1, 0.15) is 0 Å². The number of piperidine rings is 1. The highest BCUT2D eigenvalue weighted by atomic mass is 32.2. The van der Waals surface area contributed by atoms with Crippen molar-refractivity contribution in [1.29, 1.82) is 0 Å². The Balaban J connectivity index is 1.69. The Morgan fingerprint density at radius 2 is 2.00 bits per heavy atom. The average molecular weight is 434 g/mol. The van der Waals surface area contributed by atoms with Crippen LogP contribution in [0.4, 0.5) is 0 Å². The molecule has 1 aromatic rings. The van der Waals surface area contributed by atoms with Gasteiger partial charge in [-0.25, -0.2) is 0 Å². The number of carbonyl (C=O) groups is 1. The first-order chi connectivity index (χ1) is 14.3. The molecule has 164 valence electrons. The number of rotatable bonds is 9. The molecule has 1 aromatic carbocycles. The molecule has 1 amide bonds. The lowest BCUT2D eigenvalue weighted by Crippen LogP contribution is -2.56. The molecule has 1 aliphatic carbocycles. The van der Waals surface area contributed by atoms with Crippen molar-refractivity contribution in [3.63, 3.8) is 0 Å². The van der Waals surface area contributed by atoms with E-state index < -0.39 is 15.5 Å². The van der Waals surface area contributed by atoms with E-state index in [4.69, 9.17) is 8.92 Å². The molecular weight excluding hydrogens is 402 g/mol. The first-order valence-corrected chi connectivity index (χ1v) is 12.0. The average Bonchev–Trinajstić information content (AvgIpc) is 2.74. The van der Waals surface area contributed by atoms with E-state index in [1.807, 2.05) is 50.3 Å². The van der Waals surface area contributed by atoms with Gasteiger partial charge in [0.15, 0.2) is 0 Å². The van der Waals surface area contributed by atoms with Crippen LogP contribution >= 0.6 is 0 Å². The van der Waals surface area contributed by atoms with Gasteiger partial charge >= 0.3 is 0 Å². The quantitative estimate of drug-likeness (QED) is 0.473. The van der Waals surface area contributed by atoms with E-state index >= 15 is 0 Å². The predicted molar refractivity (Wildman–Crippen MR) is 116 cm³/mol. The summed E-state index contributed by atoms with van der Waals surface area (Å²) in [5.41, 5.74) is 0.634. The monoisotopic (exact) mass is 433 g/mol. The van der Waals surface area contributed by atoms with Gasteiger partial charge < -0.3 is 10.1 Å². The second kappa shape index (κ2) is 9.90. The maximum absolute atomic E-state index is 12.4. The van der Waals surface area contributed by atoms with Crippen LogP contribution in [0.5, 0.6) is 0 Å². The van der Waals surface area contributed by atoms with Crippen LogP contribution in [0.15, 0.2) is 53.5 Å². The number of nitrogens with one attached hydrogen (secondary N) is 1. The minimum Gasteiger partial charge on any atom is -0.371 e. The fraction of sp³-hybridized carbons (Fsp3) is 0.522. The van der Waals surface area contributed by atoms with Crippen molar-refractivity contribution >= 4 is 16.0 Å². The summed E-state index contributed by atoms with van der Waals surface area (Å²) in [6.07, 6.45) is 8.12. The Kier molecular flexibility index (Phi) is 7.50. The second-order valence-corrected chi connectivity index (χ2v) is 9.81. The molecule has 6 nitrogen and oxygen atoms in total. The normalized spacial score (nSPS) is 26.9. The molecule has 30 heavy (non-hydrogen) atoms. The van der Waals surface area contributed by atoms with Crippen LogP contribution in [0, 0.1) is 5.41 Å². The number of unbranched alkanes of at least 4 members (excludes halogenated alkanes) is 1. The molecule has 0 spiro atoms.